The normalized spacial score (nSPS) is 18.1. The van der Waals surface area contributed by atoms with Crippen LogP contribution < -0.4 is 10.1 Å². The molecule has 0 aromatic carbocycles. The third kappa shape index (κ3) is 3.65. The lowest BCUT2D eigenvalue weighted by molar-refractivity contribution is 0.217. The van der Waals surface area contributed by atoms with Crippen LogP contribution >= 0.6 is 11.6 Å². The molecule has 3 nitrogen and oxygen atoms in total. The first-order valence-electron chi connectivity index (χ1n) is 5.74. The van der Waals surface area contributed by atoms with Crippen LogP contribution in [0.2, 0.25) is 5.15 Å². The Kier molecular flexibility index (Phi) is 5.56. The summed E-state index contributed by atoms with van der Waals surface area (Å²) in [5.41, 5.74) is 0.950. The summed E-state index contributed by atoms with van der Waals surface area (Å²) in [5, 5.41) is 3.81. The molecule has 90 valence electrons. The van der Waals surface area contributed by atoms with Crippen molar-refractivity contribution >= 4 is 11.6 Å². The van der Waals surface area contributed by atoms with Gasteiger partial charge in [-0.1, -0.05) is 25.4 Å². The van der Waals surface area contributed by atoms with E-state index in [0.29, 0.717) is 17.8 Å². The van der Waals surface area contributed by atoms with E-state index < -0.39 is 0 Å². The average molecular weight is 243 g/mol. The highest BCUT2D eigenvalue weighted by molar-refractivity contribution is 6.30. The fourth-order valence-corrected chi connectivity index (χ4v) is 1.40. The zero-order valence-electron chi connectivity index (χ0n) is 10.1. The van der Waals surface area contributed by atoms with E-state index in [1.54, 1.807) is 6.20 Å². The third-order valence-corrected chi connectivity index (χ3v) is 2.76. The second kappa shape index (κ2) is 6.71. The highest BCUT2D eigenvalue weighted by Gasteiger charge is 2.16. The van der Waals surface area contributed by atoms with Crippen molar-refractivity contribution in [1.82, 2.24) is 10.3 Å². The van der Waals surface area contributed by atoms with Crippen molar-refractivity contribution in [2.45, 2.75) is 33.2 Å². The summed E-state index contributed by atoms with van der Waals surface area (Å²) in [6, 6.07) is 2.42. The Morgan fingerprint density at radius 1 is 1.56 bits per heavy atom. The molecule has 1 aromatic rings. The molecule has 0 saturated carbocycles. The predicted octanol–water partition coefficient (Wildman–Crippen LogP) is 2.81. The van der Waals surface area contributed by atoms with Gasteiger partial charge in [-0.3, -0.25) is 0 Å². The fraction of sp³-hybridized carbons (Fsp3) is 0.583. The molecule has 0 bridgehead atoms. The largest absolute Gasteiger partial charge is 0.490 e. The molecule has 0 amide bonds. The smallest absolute Gasteiger partial charge is 0.138 e. The number of pyridine rings is 1. The first-order valence-corrected chi connectivity index (χ1v) is 6.12. The first-order chi connectivity index (χ1) is 7.75. The summed E-state index contributed by atoms with van der Waals surface area (Å²) in [7, 11) is 0. The number of hydrogen-bond acceptors (Lipinski definition) is 3. The Labute approximate surface area is 102 Å². The molecule has 2 heterocycles. The fourth-order valence-electron chi connectivity index (χ4n) is 1.30. The predicted molar refractivity (Wildman–Crippen MR) is 67.2 cm³/mol. The van der Waals surface area contributed by atoms with Crippen LogP contribution in [-0.2, 0) is 0 Å². The minimum Gasteiger partial charge on any atom is -0.490 e. The maximum Gasteiger partial charge on any atom is 0.138 e. The molecule has 4 heteroatoms. The van der Waals surface area contributed by atoms with Crippen LogP contribution in [0.25, 0.3) is 0 Å². The monoisotopic (exact) mass is 242 g/mol. The molecule has 1 aliphatic heterocycles. The number of nitrogens with one attached hydrogen (secondary N) is 1. The number of ether oxygens (including phenoxy) is 1. The van der Waals surface area contributed by atoms with E-state index in [2.05, 4.69) is 10.3 Å². The van der Waals surface area contributed by atoms with Gasteiger partial charge in [0.15, 0.2) is 0 Å². The molecule has 1 atom stereocenters. The molecule has 16 heavy (non-hydrogen) atoms. The molecule has 2 rings (SSSR count). The maximum atomic E-state index is 5.80. The van der Waals surface area contributed by atoms with E-state index in [-0.39, 0.29) is 0 Å². The third-order valence-electron chi connectivity index (χ3n) is 2.37. The lowest BCUT2D eigenvalue weighted by Crippen LogP contribution is -2.46. The summed E-state index contributed by atoms with van der Waals surface area (Å²) in [6.45, 7) is 7.73. The lowest BCUT2D eigenvalue weighted by atomic mass is 10.1. The Balaban J connectivity index is 0.000000606. The summed E-state index contributed by atoms with van der Waals surface area (Å²) in [6.07, 6.45) is 2.86. The van der Waals surface area contributed by atoms with E-state index in [1.165, 1.54) is 6.42 Å². The molecule has 1 fully saturated rings. The van der Waals surface area contributed by atoms with Gasteiger partial charge in [-0.15, -0.1) is 0 Å². The molecule has 1 N–H and O–H groups in total. The number of aromatic nitrogens is 1. The minimum atomic E-state index is 0.506. The van der Waals surface area contributed by atoms with Crippen molar-refractivity contribution in [1.29, 1.82) is 0 Å². The zero-order valence-corrected chi connectivity index (χ0v) is 10.8. The van der Waals surface area contributed by atoms with Gasteiger partial charge in [-0.25, -0.2) is 4.98 Å². The van der Waals surface area contributed by atoms with Crippen molar-refractivity contribution in [3.05, 3.63) is 23.0 Å². The van der Waals surface area contributed by atoms with Crippen LogP contribution in [0.5, 0.6) is 5.75 Å². The Bertz CT molecular complexity index is 327. The maximum absolute atomic E-state index is 5.80. The van der Waals surface area contributed by atoms with Crippen molar-refractivity contribution in [3.63, 3.8) is 0 Å². The van der Waals surface area contributed by atoms with Crippen molar-refractivity contribution in [2.75, 3.05) is 13.2 Å². The lowest BCUT2D eigenvalue weighted by Gasteiger charge is -2.27. The number of hydrogen-bond donors (Lipinski definition) is 1. The molecule has 0 spiro atoms. The zero-order chi connectivity index (χ0) is 12.0. The Morgan fingerprint density at radius 3 is 2.75 bits per heavy atom. The topological polar surface area (TPSA) is 34.1 Å². The number of aryl methyl sites for hydroxylation is 1. The summed E-state index contributed by atoms with van der Waals surface area (Å²) < 4.78 is 5.56. The van der Waals surface area contributed by atoms with Gasteiger partial charge in [-0.05, 0) is 31.5 Å². The van der Waals surface area contributed by atoms with Gasteiger partial charge in [-0.2, -0.15) is 0 Å². The van der Waals surface area contributed by atoms with Crippen LogP contribution in [0, 0.1) is 6.92 Å². The molecule has 0 aliphatic carbocycles. The van der Waals surface area contributed by atoms with Crippen LogP contribution in [0.15, 0.2) is 12.3 Å². The number of halogens is 1. The Hall–Kier alpha value is -0.800. The highest BCUT2D eigenvalue weighted by Crippen LogP contribution is 2.18. The molecule has 1 aromatic heterocycles. The molecule has 1 aliphatic rings. The molecule has 0 unspecified atom stereocenters. The first kappa shape index (κ1) is 13.3. The second-order valence-corrected chi connectivity index (χ2v) is 3.89. The van der Waals surface area contributed by atoms with E-state index in [0.717, 1.165) is 17.9 Å². The molecule has 1 saturated heterocycles. The van der Waals surface area contributed by atoms with Gasteiger partial charge in [0.25, 0.3) is 0 Å². The highest BCUT2D eigenvalue weighted by atomic mass is 35.5. The van der Waals surface area contributed by atoms with Gasteiger partial charge >= 0.3 is 0 Å². The van der Waals surface area contributed by atoms with Crippen LogP contribution in [0.1, 0.15) is 25.8 Å². The van der Waals surface area contributed by atoms with Crippen LogP contribution in [0.3, 0.4) is 0 Å². The molecular formula is C12H19ClN2O. The quantitative estimate of drug-likeness (QED) is 0.828. The van der Waals surface area contributed by atoms with Crippen molar-refractivity contribution < 1.29 is 4.74 Å². The molecular weight excluding hydrogens is 224 g/mol. The second-order valence-electron chi connectivity index (χ2n) is 3.53. The van der Waals surface area contributed by atoms with Gasteiger partial charge in [0, 0.05) is 6.04 Å². The number of rotatable bonds is 3. The van der Waals surface area contributed by atoms with Crippen LogP contribution in [0.4, 0.5) is 0 Å². The van der Waals surface area contributed by atoms with Gasteiger partial charge in [0.2, 0.25) is 0 Å². The van der Waals surface area contributed by atoms with E-state index >= 15 is 0 Å². The van der Waals surface area contributed by atoms with Crippen molar-refractivity contribution in [3.8, 4) is 5.75 Å². The van der Waals surface area contributed by atoms with E-state index in [4.69, 9.17) is 16.3 Å². The van der Waals surface area contributed by atoms with E-state index in [9.17, 15) is 0 Å². The molecule has 0 radical (unpaired) electrons. The average Bonchev–Trinajstić information content (AvgIpc) is 2.24. The SMILES string of the molecule is CC.Cc1cc(OC[C@@H]2CCN2)cnc1Cl. The summed E-state index contributed by atoms with van der Waals surface area (Å²) in [4.78, 5) is 4.02. The van der Waals surface area contributed by atoms with Crippen LogP contribution in [-0.4, -0.2) is 24.2 Å². The minimum absolute atomic E-state index is 0.506. The van der Waals surface area contributed by atoms with E-state index in [1.807, 2.05) is 26.8 Å². The van der Waals surface area contributed by atoms with Gasteiger partial charge in [0.1, 0.15) is 17.5 Å². The van der Waals surface area contributed by atoms with Gasteiger partial charge < -0.3 is 10.1 Å². The summed E-state index contributed by atoms with van der Waals surface area (Å²) in [5.74, 6) is 0.792. The number of nitrogens with zero attached hydrogens (tertiary/aromatic N) is 1. The summed E-state index contributed by atoms with van der Waals surface area (Å²) >= 11 is 5.80. The standard InChI is InChI=1S/C10H13ClN2O.C2H6/c1-7-4-9(5-13-10(7)11)14-6-8-2-3-12-8;1-2/h4-5,8,12H,2-3,6H2,1H3;1-2H3/t8-;/m0./s1. The van der Waals surface area contributed by atoms with Crippen molar-refractivity contribution in [2.24, 2.45) is 0 Å². The van der Waals surface area contributed by atoms with Gasteiger partial charge in [0.05, 0.1) is 6.20 Å². The Morgan fingerprint density at radius 2 is 2.25 bits per heavy atom.